The van der Waals surface area contributed by atoms with Crippen LogP contribution in [0.4, 0.5) is 15.3 Å². The Morgan fingerprint density at radius 1 is 1.09 bits per heavy atom. The van der Waals surface area contributed by atoms with Gasteiger partial charge in [-0.15, -0.1) is 0 Å². The van der Waals surface area contributed by atoms with Gasteiger partial charge < -0.3 is 34.9 Å². The van der Waals surface area contributed by atoms with Crippen LogP contribution in [0, 0.1) is 0 Å². The minimum absolute atomic E-state index is 0.000455. The monoisotopic (exact) mass is 607 g/mol. The van der Waals surface area contributed by atoms with E-state index in [4.69, 9.17) is 24.7 Å². The molecule has 2 aromatic carbocycles. The van der Waals surface area contributed by atoms with Crippen LogP contribution in [0.25, 0.3) is 11.1 Å². The smallest absolute Gasteiger partial charge is 0.410 e. The fourth-order valence-corrected chi connectivity index (χ4v) is 4.90. The van der Waals surface area contributed by atoms with Crippen LogP contribution in [-0.2, 0) is 24.6 Å². The maximum Gasteiger partial charge on any atom is 0.410 e. The molecule has 1 aliphatic heterocycles. The van der Waals surface area contributed by atoms with Crippen LogP contribution >= 0.6 is 0 Å². The standard InChI is InChI=1S/C32H41N5O7/c1-31(2,3)44-30(40)36(4)17-16-32(43-29(33)39,24-9-8-10-26(19-24)41-5)28(38)35-25-14-12-22(13-15-25)23-20-34-37(21-23)27-11-6-7-18-42-27/h8-10,12-15,19-21,27H,6-7,11,16-18H2,1-5H3,(H2,33,39)(H,35,38). The highest BCUT2D eigenvalue weighted by Crippen LogP contribution is 2.35. The van der Waals surface area contributed by atoms with Gasteiger partial charge in [-0.1, -0.05) is 24.3 Å². The van der Waals surface area contributed by atoms with Crippen LogP contribution < -0.4 is 15.8 Å². The summed E-state index contributed by atoms with van der Waals surface area (Å²) in [6, 6.07) is 13.8. The maximum atomic E-state index is 14.1. The number of nitrogens with one attached hydrogen (secondary N) is 1. The Morgan fingerprint density at radius 3 is 2.48 bits per heavy atom. The van der Waals surface area contributed by atoms with Gasteiger partial charge in [-0.05, 0) is 69.9 Å². The van der Waals surface area contributed by atoms with Crippen molar-refractivity contribution in [3.05, 3.63) is 66.5 Å². The molecule has 0 bridgehead atoms. The number of nitrogens with zero attached hydrogens (tertiary/aromatic N) is 3. The van der Waals surface area contributed by atoms with E-state index in [1.54, 1.807) is 63.4 Å². The molecule has 3 amide bonds. The number of nitrogens with two attached hydrogens (primary N) is 1. The third kappa shape index (κ3) is 8.07. The molecule has 0 aliphatic carbocycles. The summed E-state index contributed by atoms with van der Waals surface area (Å²) in [6.45, 7) is 5.99. The van der Waals surface area contributed by atoms with E-state index in [9.17, 15) is 14.4 Å². The second-order valence-corrected chi connectivity index (χ2v) is 11.7. The molecular weight excluding hydrogens is 566 g/mol. The lowest BCUT2D eigenvalue weighted by atomic mass is 9.88. The second-order valence-electron chi connectivity index (χ2n) is 11.7. The van der Waals surface area contributed by atoms with Crippen LogP contribution in [0.5, 0.6) is 5.75 Å². The Labute approximate surface area is 257 Å². The first-order valence-electron chi connectivity index (χ1n) is 14.5. The normalized spacial score (nSPS) is 16.3. The Hall–Kier alpha value is -4.58. The van der Waals surface area contributed by atoms with Crippen molar-refractivity contribution >= 4 is 23.8 Å². The summed E-state index contributed by atoms with van der Waals surface area (Å²) in [5, 5.41) is 7.34. The average molecular weight is 608 g/mol. The van der Waals surface area contributed by atoms with Crippen molar-refractivity contribution < 1.29 is 33.3 Å². The number of hydrogen-bond donors (Lipinski definition) is 2. The summed E-state index contributed by atoms with van der Waals surface area (Å²) in [6.07, 6.45) is 4.86. The Kier molecular flexibility index (Phi) is 10.1. The Morgan fingerprint density at radius 2 is 1.84 bits per heavy atom. The molecule has 0 saturated carbocycles. The van der Waals surface area contributed by atoms with Gasteiger partial charge in [0.25, 0.3) is 5.91 Å². The number of primary amides is 1. The summed E-state index contributed by atoms with van der Waals surface area (Å²) in [4.78, 5) is 40.3. The molecule has 1 aliphatic rings. The van der Waals surface area contributed by atoms with Gasteiger partial charge in [-0.2, -0.15) is 5.10 Å². The number of carbonyl (C=O) groups is 3. The van der Waals surface area contributed by atoms with Gasteiger partial charge in [0, 0.05) is 49.6 Å². The number of carbonyl (C=O) groups excluding carboxylic acids is 3. The molecule has 4 rings (SSSR count). The first-order valence-corrected chi connectivity index (χ1v) is 14.5. The molecule has 3 aromatic rings. The van der Waals surface area contributed by atoms with Crippen LogP contribution in [0.1, 0.15) is 58.2 Å². The number of benzene rings is 2. The number of rotatable bonds is 10. The molecule has 1 saturated heterocycles. The molecule has 2 unspecified atom stereocenters. The van der Waals surface area contributed by atoms with E-state index in [0.717, 1.165) is 37.0 Å². The molecule has 236 valence electrons. The van der Waals surface area contributed by atoms with E-state index in [1.807, 2.05) is 23.0 Å². The molecule has 1 fully saturated rings. The highest BCUT2D eigenvalue weighted by molar-refractivity contribution is 5.99. The zero-order valence-electron chi connectivity index (χ0n) is 25.9. The van der Waals surface area contributed by atoms with E-state index in [2.05, 4.69) is 10.4 Å². The van der Waals surface area contributed by atoms with Crippen molar-refractivity contribution in [2.24, 2.45) is 5.73 Å². The molecule has 12 heteroatoms. The van der Waals surface area contributed by atoms with Crippen LogP contribution in [0.3, 0.4) is 0 Å². The zero-order valence-corrected chi connectivity index (χ0v) is 25.9. The van der Waals surface area contributed by atoms with Gasteiger partial charge in [0.05, 0.1) is 13.3 Å². The van der Waals surface area contributed by atoms with E-state index >= 15 is 0 Å². The number of amides is 3. The lowest BCUT2D eigenvalue weighted by molar-refractivity contribution is -0.136. The van der Waals surface area contributed by atoms with Gasteiger partial charge in [-0.25, -0.2) is 14.3 Å². The quantitative estimate of drug-likeness (QED) is 0.310. The molecule has 44 heavy (non-hydrogen) atoms. The minimum atomic E-state index is -1.91. The van der Waals surface area contributed by atoms with E-state index < -0.39 is 29.3 Å². The molecule has 3 N–H and O–H groups in total. The number of aromatic nitrogens is 2. The molecular formula is C32H41N5O7. The molecule has 2 heterocycles. The largest absolute Gasteiger partial charge is 0.497 e. The van der Waals surface area contributed by atoms with Gasteiger partial charge in [0.15, 0.2) is 0 Å². The van der Waals surface area contributed by atoms with Crippen LogP contribution in [-0.4, -0.2) is 65.7 Å². The summed E-state index contributed by atoms with van der Waals surface area (Å²) < 4.78 is 24.1. The van der Waals surface area contributed by atoms with Crippen molar-refractivity contribution in [2.45, 2.75) is 63.9 Å². The van der Waals surface area contributed by atoms with Crippen molar-refractivity contribution in [1.82, 2.24) is 14.7 Å². The van der Waals surface area contributed by atoms with E-state index in [-0.39, 0.29) is 19.2 Å². The Bertz CT molecular complexity index is 1440. The van der Waals surface area contributed by atoms with Crippen molar-refractivity contribution in [2.75, 3.05) is 32.6 Å². The van der Waals surface area contributed by atoms with Crippen molar-refractivity contribution in [3.8, 4) is 16.9 Å². The number of ether oxygens (including phenoxy) is 4. The fraction of sp³-hybridized carbons (Fsp3) is 0.438. The molecule has 1 aromatic heterocycles. The number of anilines is 1. The predicted molar refractivity (Wildman–Crippen MR) is 164 cm³/mol. The third-order valence-corrected chi connectivity index (χ3v) is 7.21. The van der Waals surface area contributed by atoms with Gasteiger partial charge in [0.1, 0.15) is 17.6 Å². The lowest BCUT2D eigenvalue weighted by Crippen LogP contribution is -2.48. The molecule has 0 spiro atoms. The first-order chi connectivity index (χ1) is 20.9. The average Bonchev–Trinajstić information content (AvgIpc) is 3.49. The molecule has 0 radical (unpaired) electrons. The van der Waals surface area contributed by atoms with Gasteiger partial charge in [-0.3, -0.25) is 4.79 Å². The number of hydrogen-bond acceptors (Lipinski definition) is 8. The van der Waals surface area contributed by atoms with Crippen molar-refractivity contribution in [1.29, 1.82) is 0 Å². The predicted octanol–water partition coefficient (Wildman–Crippen LogP) is 5.44. The lowest BCUT2D eigenvalue weighted by Gasteiger charge is -2.34. The topological polar surface area (TPSA) is 147 Å². The highest BCUT2D eigenvalue weighted by Gasteiger charge is 2.45. The maximum absolute atomic E-state index is 14.1. The highest BCUT2D eigenvalue weighted by atomic mass is 16.6. The zero-order chi connectivity index (χ0) is 31.9. The van der Waals surface area contributed by atoms with Gasteiger partial charge in [0.2, 0.25) is 5.60 Å². The van der Waals surface area contributed by atoms with Crippen molar-refractivity contribution in [3.63, 3.8) is 0 Å². The van der Waals surface area contributed by atoms with Gasteiger partial charge >= 0.3 is 12.2 Å². The van der Waals surface area contributed by atoms with Crippen LogP contribution in [0.15, 0.2) is 60.9 Å². The summed E-state index contributed by atoms with van der Waals surface area (Å²) >= 11 is 0. The summed E-state index contributed by atoms with van der Waals surface area (Å²) in [5.74, 6) is -0.214. The third-order valence-electron chi connectivity index (χ3n) is 7.21. The first kappa shape index (κ1) is 32.3. The molecule has 12 nitrogen and oxygen atoms in total. The fourth-order valence-electron chi connectivity index (χ4n) is 4.90. The summed E-state index contributed by atoms with van der Waals surface area (Å²) in [5.41, 5.74) is 5.48. The van der Waals surface area contributed by atoms with E-state index in [0.29, 0.717) is 17.0 Å². The van der Waals surface area contributed by atoms with E-state index in [1.165, 1.54) is 19.1 Å². The van der Waals surface area contributed by atoms with Crippen LogP contribution in [0.2, 0.25) is 0 Å². The SMILES string of the molecule is COc1cccc(C(CCN(C)C(=O)OC(C)(C)C)(OC(N)=O)C(=O)Nc2ccc(-c3cnn(C4CCCCO4)c3)cc2)c1. The number of methoxy groups -OCH3 is 1. The Balaban J connectivity index is 1.59. The summed E-state index contributed by atoms with van der Waals surface area (Å²) in [7, 11) is 3.02. The minimum Gasteiger partial charge on any atom is -0.497 e. The second kappa shape index (κ2) is 13.8. The molecule has 2 atom stereocenters.